The normalized spacial score (nSPS) is 23.0. The van der Waals surface area contributed by atoms with E-state index in [1.165, 1.54) is 25.7 Å². The summed E-state index contributed by atoms with van der Waals surface area (Å²) < 4.78 is 0. The third-order valence-corrected chi connectivity index (χ3v) is 4.19. The zero-order valence-electron chi connectivity index (χ0n) is 12.5. The molecule has 2 rings (SSSR count). The second-order valence-electron chi connectivity index (χ2n) is 5.94. The van der Waals surface area contributed by atoms with Crippen molar-refractivity contribution < 1.29 is 4.79 Å². The number of carbonyl (C=O) groups is 1. The first-order valence-electron chi connectivity index (χ1n) is 7.99. The third-order valence-electron chi connectivity index (χ3n) is 4.19. The van der Waals surface area contributed by atoms with Crippen LogP contribution in [0.4, 0.5) is 0 Å². The van der Waals surface area contributed by atoms with Crippen LogP contribution >= 0.6 is 0 Å². The van der Waals surface area contributed by atoms with Crippen molar-refractivity contribution in [1.82, 2.24) is 15.1 Å². The van der Waals surface area contributed by atoms with Crippen LogP contribution in [0.25, 0.3) is 0 Å². The second-order valence-corrected chi connectivity index (χ2v) is 5.94. The first kappa shape index (κ1) is 14.8. The van der Waals surface area contributed by atoms with E-state index in [0.717, 1.165) is 32.6 Å². The zero-order valence-corrected chi connectivity index (χ0v) is 12.5. The van der Waals surface area contributed by atoms with Crippen molar-refractivity contribution in [3.63, 3.8) is 0 Å². The molecular weight excluding hydrogens is 238 g/mol. The van der Waals surface area contributed by atoms with Gasteiger partial charge in [0.05, 0.1) is 6.54 Å². The SMILES string of the molecule is CCCN(CC(=O)N(CC)C1CC1)CC1CCCN1. The fourth-order valence-corrected chi connectivity index (χ4v) is 3.08. The molecule has 1 aliphatic carbocycles. The van der Waals surface area contributed by atoms with Crippen LogP contribution in [0.3, 0.4) is 0 Å². The predicted molar refractivity (Wildman–Crippen MR) is 78.2 cm³/mol. The van der Waals surface area contributed by atoms with Crippen molar-refractivity contribution in [3.8, 4) is 0 Å². The summed E-state index contributed by atoms with van der Waals surface area (Å²) in [5.41, 5.74) is 0. The Kier molecular flexibility index (Phi) is 5.64. The molecule has 1 saturated carbocycles. The van der Waals surface area contributed by atoms with E-state index in [2.05, 4.69) is 29.0 Å². The Morgan fingerprint density at radius 2 is 2.05 bits per heavy atom. The number of nitrogens with one attached hydrogen (secondary N) is 1. The van der Waals surface area contributed by atoms with Crippen molar-refractivity contribution in [2.45, 2.75) is 58.0 Å². The van der Waals surface area contributed by atoms with E-state index in [0.29, 0.717) is 24.5 Å². The van der Waals surface area contributed by atoms with Gasteiger partial charge in [-0.3, -0.25) is 9.69 Å². The number of nitrogens with zero attached hydrogens (tertiary/aromatic N) is 2. The molecule has 0 aromatic rings. The summed E-state index contributed by atoms with van der Waals surface area (Å²) in [6, 6.07) is 1.14. The van der Waals surface area contributed by atoms with Gasteiger partial charge in [-0.2, -0.15) is 0 Å². The van der Waals surface area contributed by atoms with Crippen LogP contribution in [-0.2, 0) is 4.79 Å². The smallest absolute Gasteiger partial charge is 0.236 e. The quantitative estimate of drug-likeness (QED) is 0.723. The molecule has 110 valence electrons. The van der Waals surface area contributed by atoms with Crippen molar-refractivity contribution in [3.05, 3.63) is 0 Å². The molecule has 1 aliphatic heterocycles. The second kappa shape index (κ2) is 7.25. The van der Waals surface area contributed by atoms with E-state index in [9.17, 15) is 4.79 Å². The van der Waals surface area contributed by atoms with Gasteiger partial charge in [-0.05, 0) is 52.1 Å². The summed E-state index contributed by atoms with van der Waals surface area (Å²) in [4.78, 5) is 16.8. The maximum atomic E-state index is 12.4. The average Bonchev–Trinajstić information content (AvgIpc) is 3.07. The molecule has 4 nitrogen and oxygen atoms in total. The highest BCUT2D eigenvalue weighted by atomic mass is 16.2. The molecular formula is C15H29N3O. The minimum absolute atomic E-state index is 0.330. The molecule has 0 spiro atoms. The predicted octanol–water partition coefficient (Wildman–Crippen LogP) is 1.46. The largest absolute Gasteiger partial charge is 0.339 e. The lowest BCUT2D eigenvalue weighted by atomic mass is 10.2. The molecule has 4 heteroatoms. The van der Waals surface area contributed by atoms with Gasteiger partial charge in [0.2, 0.25) is 5.91 Å². The van der Waals surface area contributed by atoms with Crippen molar-refractivity contribution in [2.24, 2.45) is 0 Å². The molecule has 0 radical (unpaired) electrons. The molecule has 1 unspecified atom stereocenters. The van der Waals surface area contributed by atoms with Crippen LogP contribution in [0.2, 0.25) is 0 Å². The maximum absolute atomic E-state index is 12.4. The Bertz CT molecular complexity index is 285. The van der Waals surface area contributed by atoms with E-state index < -0.39 is 0 Å². The molecule has 1 saturated heterocycles. The van der Waals surface area contributed by atoms with E-state index in [1.807, 2.05) is 0 Å². The van der Waals surface area contributed by atoms with Gasteiger partial charge in [-0.25, -0.2) is 0 Å². The minimum atomic E-state index is 0.330. The van der Waals surface area contributed by atoms with E-state index >= 15 is 0 Å². The molecule has 1 atom stereocenters. The summed E-state index contributed by atoms with van der Waals surface area (Å²) in [6.45, 7) is 8.97. The molecule has 0 bridgehead atoms. The van der Waals surface area contributed by atoms with Crippen LogP contribution in [0.1, 0.15) is 46.0 Å². The Morgan fingerprint density at radius 3 is 2.58 bits per heavy atom. The highest BCUT2D eigenvalue weighted by molar-refractivity contribution is 5.78. The monoisotopic (exact) mass is 267 g/mol. The number of hydrogen-bond acceptors (Lipinski definition) is 3. The van der Waals surface area contributed by atoms with Crippen molar-refractivity contribution in [1.29, 1.82) is 0 Å². The standard InChI is InChI=1S/C15H29N3O/c1-3-10-17(11-13-6-5-9-16-13)12-15(19)18(4-2)14-7-8-14/h13-14,16H,3-12H2,1-2H3. The van der Waals surface area contributed by atoms with E-state index in [1.54, 1.807) is 0 Å². The number of carbonyl (C=O) groups excluding carboxylic acids is 1. The van der Waals surface area contributed by atoms with Crippen molar-refractivity contribution >= 4 is 5.91 Å². The van der Waals surface area contributed by atoms with Gasteiger partial charge >= 0.3 is 0 Å². The average molecular weight is 267 g/mol. The van der Waals surface area contributed by atoms with Crippen molar-refractivity contribution in [2.75, 3.05) is 32.7 Å². The molecule has 1 N–H and O–H groups in total. The first-order chi connectivity index (χ1) is 9.24. The number of rotatable bonds is 8. The molecule has 19 heavy (non-hydrogen) atoms. The van der Waals surface area contributed by atoms with Crippen LogP contribution in [0.15, 0.2) is 0 Å². The third kappa shape index (κ3) is 4.46. The Morgan fingerprint density at radius 1 is 1.26 bits per heavy atom. The van der Waals surface area contributed by atoms with Crippen LogP contribution in [0, 0.1) is 0 Å². The molecule has 1 heterocycles. The first-order valence-corrected chi connectivity index (χ1v) is 7.99. The van der Waals surface area contributed by atoms with Gasteiger partial charge in [0.25, 0.3) is 0 Å². The lowest BCUT2D eigenvalue weighted by molar-refractivity contribution is -0.132. The van der Waals surface area contributed by atoms with Crippen LogP contribution < -0.4 is 5.32 Å². The van der Waals surface area contributed by atoms with E-state index in [-0.39, 0.29) is 0 Å². The lowest BCUT2D eigenvalue weighted by Gasteiger charge is -2.28. The molecule has 2 aliphatic rings. The Hall–Kier alpha value is -0.610. The molecule has 2 fully saturated rings. The van der Waals surface area contributed by atoms with Gasteiger partial charge in [0.1, 0.15) is 0 Å². The summed E-state index contributed by atoms with van der Waals surface area (Å²) >= 11 is 0. The highest BCUT2D eigenvalue weighted by Gasteiger charge is 2.32. The number of amides is 1. The summed E-state index contributed by atoms with van der Waals surface area (Å²) in [5, 5.41) is 3.53. The summed E-state index contributed by atoms with van der Waals surface area (Å²) in [7, 11) is 0. The fourth-order valence-electron chi connectivity index (χ4n) is 3.08. The minimum Gasteiger partial charge on any atom is -0.339 e. The van der Waals surface area contributed by atoms with Crippen LogP contribution in [-0.4, -0.2) is 60.5 Å². The van der Waals surface area contributed by atoms with Gasteiger partial charge in [0.15, 0.2) is 0 Å². The highest BCUT2D eigenvalue weighted by Crippen LogP contribution is 2.26. The Labute approximate surface area is 117 Å². The number of likely N-dealkylation sites (N-methyl/N-ethyl adjacent to an activating group) is 1. The van der Waals surface area contributed by atoms with Gasteiger partial charge in [-0.15, -0.1) is 0 Å². The maximum Gasteiger partial charge on any atom is 0.236 e. The summed E-state index contributed by atoms with van der Waals surface area (Å²) in [5.74, 6) is 0.330. The van der Waals surface area contributed by atoms with Crippen LogP contribution in [0.5, 0.6) is 0 Å². The topological polar surface area (TPSA) is 35.6 Å². The van der Waals surface area contributed by atoms with E-state index in [4.69, 9.17) is 0 Å². The fraction of sp³-hybridized carbons (Fsp3) is 0.933. The lowest BCUT2D eigenvalue weighted by Crippen LogP contribution is -2.45. The number of hydrogen-bond donors (Lipinski definition) is 1. The molecule has 0 aromatic carbocycles. The zero-order chi connectivity index (χ0) is 13.7. The Balaban J connectivity index is 1.81. The molecule has 0 aromatic heterocycles. The van der Waals surface area contributed by atoms with Gasteiger partial charge < -0.3 is 10.2 Å². The van der Waals surface area contributed by atoms with Gasteiger partial charge in [-0.1, -0.05) is 6.92 Å². The van der Waals surface area contributed by atoms with Gasteiger partial charge in [0, 0.05) is 25.2 Å². The summed E-state index contributed by atoms with van der Waals surface area (Å²) in [6.07, 6.45) is 6.07. The molecule has 1 amide bonds.